The Hall–Kier alpha value is -0.570. The summed E-state index contributed by atoms with van der Waals surface area (Å²) < 4.78 is 0. The van der Waals surface area contributed by atoms with Gasteiger partial charge in [0.05, 0.1) is 0 Å². The van der Waals surface area contributed by atoms with Crippen LogP contribution in [0.15, 0.2) is 0 Å². The minimum absolute atomic E-state index is 0.265. The number of amides is 1. The predicted molar refractivity (Wildman–Crippen MR) is 60.5 cm³/mol. The summed E-state index contributed by atoms with van der Waals surface area (Å²) in [5.41, 5.74) is -1.24. The third-order valence-electron chi connectivity index (χ3n) is 3.12. The molecule has 1 aliphatic rings. The van der Waals surface area contributed by atoms with Gasteiger partial charge in [0, 0.05) is 6.54 Å². The summed E-state index contributed by atoms with van der Waals surface area (Å²) in [6.45, 7) is 3.74. The van der Waals surface area contributed by atoms with E-state index in [0.29, 0.717) is 6.54 Å². The Morgan fingerprint density at radius 1 is 1.33 bits per heavy atom. The van der Waals surface area contributed by atoms with Crippen molar-refractivity contribution in [3.63, 3.8) is 0 Å². The summed E-state index contributed by atoms with van der Waals surface area (Å²) in [6, 6.07) is 0. The molecule has 0 heterocycles. The highest BCUT2D eigenvalue weighted by molar-refractivity contribution is 5.83. The van der Waals surface area contributed by atoms with Crippen LogP contribution in [0.2, 0.25) is 0 Å². The van der Waals surface area contributed by atoms with Gasteiger partial charge in [0.2, 0.25) is 0 Å². The molecular weight excluding hydrogens is 190 g/mol. The van der Waals surface area contributed by atoms with Crippen molar-refractivity contribution in [2.24, 2.45) is 5.92 Å². The first-order chi connectivity index (χ1) is 7.00. The number of hydrogen-bond acceptors (Lipinski definition) is 2. The van der Waals surface area contributed by atoms with Gasteiger partial charge < -0.3 is 10.4 Å². The highest BCUT2D eigenvalue weighted by atomic mass is 16.3. The molecule has 3 heteroatoms. The lowest BCUT2D eigenvalue weighted by atomic mass is 9.87. The SMILES string of the molecule is CC(C)(O)C(=O)NCCC1CCCCC1. The van der Waals surface area contributed by atoms with Gasteiger partial charge in [-0.1, -0.05) is 32.1 Å². The zero-order valence-corrected chi connectivity index (χ0v) is 9.88. The molecular formula is C12H23NO2. The van der Waals surface area contributed by atoms with Crippen LogP contribution in [-0.4, -0.2) is 23.2 Å². The van der Waals surface area contributed by atoms with Crippen LogP contribution in [0.5, 0.6) is 0 Å². The molecule has 0 spiro atoms. The lowest BCUT2D eigenvalue weighted by Crippen LogP contribution is -2.42. The molecule has 0 aliphatic heterocycles. The maximum atomic E-state index is 11.3. The van der Waals surface area contributed by atoms with E-state index in [1.54, 1.807) is 0 Å². The first-order valence-electron chi connectivity index (χ1n) is 6.01. The zero-order chi connectivity index (χ0) is 11.3. The van der Waals surface area contributed by atoms with Gasteiger partial charge in [-0.3, -0.25) is 4.79 Å². The van der Waals surface area contributed by atoms with Gasteiger partial charge in [0.25, 0.3) is 5.91 Å². The van der Waals surface area contributed by atoms with E-state index in [1.807, 2.05) is 0 Å². The Morgan fingerprint density at radius 2 is 1.93 bits per heavy atom. The molecule has 0 unspecified atom stereocenters. The predicted octanol–water partition coefficient (Wildman–Crippen LogP) is 1.84. The average molecular weight is 213 g/mol. The van der Waals surface area contributed by atoms with Crippen LogP contribution in [0.25, 0.3) is 0 Å². The molecule has 0 aromatic rings. The molecule has 88 valence electrons. The van der Waals surface area contributed by atoms with E-state index < -0.39 is 5.60 Å². The van der Waals surface area contributed by atoms with Gasteiger partial charge in [-0.15, -0.1) is 0 Å². The minimum Gasteiger partial charge on any atom is -0.381 e. The van der Waals surface area contributed by atoms with Gasteiger partial charge in [-0.05, 0) is 26.2 Å². The highest BCUT2D eigenvalue weighted by Crippen LogP contribution is 2.25. The van der Waals surface area contributed by atoms with E-state index in [-0.39, 0.29) is 5.91 Å². The Morgan fingerprint density at radius 3 is 2.47 bits per heavy atom. The normalized spacial score (nSPS) is 18.9. The molecule has 1 fully saturated rings. The van der Waals surface area contributed by atoms with Crippen LogP contribution >= 0.6 is 0 Å². The van der Waals surface area contributed by atoms with Crippen molar-refractivity contribution in [1.82, 2.24) is 5.32 Å². The van der Waals surface area contributed by atoms with E-state index in [0.717, 1.165) is 12.3 Å². The van der Waals surface area contributed by atoms with E-state index in [9.17, 15) is 9.90 Å². The van der Waals surface area contributed by atoms with E-state index in [4.69, 9.17) is 0 Å². The molecule has 3 nitrogen and oxygen atoms in total. The van der Waals surface area contributed by atoms with Crippen LogP contribution in [-0.2, 0) is 4.79 Å². The van der Waals surface area contributed by atoms with E-state index in [2.05, 4.69) is 5.32 Å². The monoisotopic (exact) mass is 213 g/mol. The van der Waals surface area contributed by atoms with Gasteiger partial charge >= 0.3 is 0 Å². The van der Waals surface area contributed by atoms with Gasteiger partial charge in [0.1, 0.15) is 5.60 Å². The van der Waals surface area contributed by atoms with Crippen molar-refractivity contribution in [2.45, 2.75) is 58.0 Å². The van der Waals surface area contributed by atoms with Crippen LogP contribution < -0.4 is 5.32 Å². The largest absolute Gasteiger partial charge is 0.381 e. The molecule has 1 amide bonds. The standard InChI is InChI=1S/C12H23NO2/c1-12(2,15)11(14)13-9-8-10-6-4-3-5-7-10/h10,15H,3-9H2,1-2H3,(H,13,14). The van der Waals surface area contributed by atoms with Gasteiger partial charge in [0.15, 0.2) is 0 Å². The van der Waals surface area contributed by atoms with Crippen molar-refractivity contribution in [3.05, 3.63) is 0 Å². The second-order valence-corrected chi connectivity index (χ2v) is 5.11. The van der Waals surface area contributed by atoms with Gasteiger partial charge in [-0.25, -0.2) is 0 Å². The van der Waals surface area contributed by atoms with Crippen LogP contribution in [0, 0.1) is 5.92 Å². The van der Waals surface area contributed by atoms with E-state index in [1.165, 1.54) is 46.0 Å². The molecule has 1 aliphatic carbocycles. The number of carbonyl (C=O) groups excluding carboxylic acids is 1. The number of rotatable bonds is 4. The lowest BCUT2D eigenvalue weighted by Gasteiger charge is -2.22. The fourth-order valence-corrected chi connectivity index (χ4v) is 2.08. The highest BCUT2D eigenvalue weighted by Gasteiger charge is 2.23. The molecule has 1 rings (SSSR count). The fraction of sp³-hybridized carbons (Fsp3) is 0.917. The Labute approximate surface area is 92.3 Å². The van der Waals surface area contributed by atoms with Crippen molar-refractivity contribution < 1.29 is 9.90 Å². The zero-order valence-electron chi connectivity index (χ0n) is 9.88. The maximum absolute atomic E-state index is 11.3. The summed E-state index contributed by atoms with van der Waals surface area (Å²) in [7, 11) is 0. The molecule has 0 bridgehead atoms. The summed E-state index contributed by atoms with van der Waals surface area (Å²) in [4.78, 5) is 11.3. The maximum Gasteiger partial charge on any atom is 0.251 e. The van der Waals surface area contributed by atoms with Crippen LogP contribution in [0.4, 0.5) is 0 Å². The molecule has 1 saturated carbocycles. The van der Waals surface area contributed by atoms with Crippen molar-refractivity contribution >= 4 is 5.91 Å². The molecule has 0 atom stereocenters. The third kappa shape index (κ3) is 4.65. The smallest absolute Gasteiger partial charge is 0.251 e. The Bertz CT molecular complexity index is 202. The quantitative estimate of drug-likeness (QED) is 0.748. The van der Waals surface area contributed by atoms with Crippen molar-refractivity contribution in [3.8, 4) is 0 Å². The Balaban J connectivity index is 2.12. The molecule has 0 radical (unpaired) electrons. The summed E-state index contributed by atoms with van der Waals surface area (Å²) in [5.74, 6) is 0.513. The summed E-state index contributed by atoms with van der Waals surface area (Å²) in [5, 5.41) is 12.2. The van der Waals surface area contributed by atoms with Crippen molar-refractivity contribution in [1.29, 1.82) is 0 Å². The van der Waals surface area contributed by atoms with E-state index >= 15 is 0 Å². The molecule has 2 N–H and O–H groups in total. The molecule has 0 aromatic carbocycles. The topological polar surface area (TPSA) is 49.3 Å². The first kappa shape index (κ1) is 12.5. The number of carbonyl (C=O) groups is 1. The summed E-state index contributed by atoms with van der Waals surface area (Å²) in [6.07, 6.45) is 7.71. The fourth-order valence-electron chi connectivity index (χ4n) is 2.08. The number of hydrogen-bond donors (Lipinski definition) is 2. The molecule has 15 heavy (non-hydrogen) atoms. The first-order valence-corrected chi connectivity index (χ1v) is 6.01. The minimum atomic E-state index is -1.24. The molecule has 0 aromatic heterocycles. The third-order valence-corrected chi connectivity index (χ3v) is 3.12. The lowest BCUT2D eigenvalue weighted by molar-refractivity contribution is -0.136. The average Bonchev–Trinajstić information content (AvgIpc) is 2.18. The number of aliphatic hydroxyl groups is 1. The molecule has 0 saturated heterocycles. The summed E-state index contributed by atoms with van der Waals surface area (Å²) >= 11 is 0. The van der Waals surface area contributed by atoms with Crippen LogP contribution in [0.1, 0.15) is 52.4 Å². The number of nitrogens with one attached hydrogen (secondary N) is 1. The second-order valence-electron chi connectivity index (χ2n) is 5.11. The van der Waals surface area contributed by atoms with Crippen molar-refractivity contribution in [2.75, 3.05) is 6.54 Å². The van der Waals surface area contributed by atoms with Gasteiger partial charge in [-0.2, -0.15) is 0 Å². The Kier molecular flexibility index (Phi) is 4.58. The second kappa shape index (κ2) is 5.50. The van der Waals surface area contributed by atoms with Crippen LogP contribution in [0.3, 0.4) is 0 Å².